The summed E-state index contributed by atoms with van der Waals surface area (Å²) < 4.78 is 39.6. The molecule has 4 fully saturated rings. The van der Waals surface area contributed by atoms with Gasteiger partial charge in [-0.15, -0.1) is 0 Å². The van der Waals surface area contributed by atoms with Gasteiger partial charge in [0.15, 0.2) is 5.69 Å². The van der Waals surface area contributed by atoms with E-state index in [1.54, 1.807) is 11.9 Å². The van der Waals surface area contributed by atoms with Gasteiger partial charge in [0.1, 0.15) is 5.69 Å². The van der Waals surface area contributed by atoms with Gasteiger partial charge in [-0.3, -0.25) is 9.48 Å². The van der Waals surface area contributed by atoms with Crippen LogP contribution in [-0.4, -0.2) is 33.2 Å². The maximum Gasteiger partial charge on any atom is 0.435 e. The van der Waals surface area contributed by atoms with Crippen molar-refractivity contribution in [3.8, 4) is 0 Å². The summed E-state index contributed by atoms with van der Waals surface area (Å²) in [6.45, 7) is 0. The van der Waals surface area contributed by atoms with Crippen molar-refractivity contribution in [2.45, 2.75) is 50.2 Å². The molecule has 0 saturated heterocycles. The Bertz CT molecular complexity index is 644. The SMILES string of the molecule is CN(C(=O)c1cc(C(F)(F)F)nn1C)C12CC3CC(CC(C3)C1)C2. The van der Waals surface area contributed by atoms with E-state index in [4.69, 9.17) is 0 Å². The van der Waals surface area contributed by atoms with Gasteiger partial charge in [0.2, 0.25) is 0 Å². The number of carbonyl (C=O) groups is 1. The van der Waals surface area contributed by atoms with Crippen LogP contribution in [0.4, 0.5) is 13.2 Å². The molecule has 132 valence electrons. The average molecular weight is 341 g/mol. The molecular formula is C17H22F3N3O. The third kappa shape index (κ3) is 2.35. The van der Waals surface area contributed by atoms with Crippen molar-refractivity contribution in [3.05, 3.63) is 17.5 Å². The second-order valence-corrected chi connectivity index (χ2v) is 8.04. The van der Waals surface area contributed by atoms with E-state index in [-0.39, 0.29) is 17.1 Å². The predicted octanol–water partition coefficient (Wildman–Crippen LogP) is 3.48. The Kier molecular flexibility index (Phi) is 3.32. The summed E-state index contributed by atoms with van der Waals surface area (Å²) in [5.74, 6) is 1.67. The Labute approximate surface area is 139 Å². The number of rotatable bonds is 2. The lowest BCUT2D eigenvalue weighted by molar-refractivity contribution is -0.141. The van der Waals surface area contributed by atoms with Crippen LogP contribution in [0.3, 0.4) is 0 Å². The van der Waals surface area contributed by atoms with Crippen molar-refractivity contribution < 1.29 is 18.0 Å². The maximum absolute atomic E-state index is 12.9. The lowest BCUT2D eigenvalue weighted by Crippen LogP contribution is -2.60. The normalized spacial score (nSPS) is 34.6. The molecule has 1 amide bonds. The number of nitrogens with zero attached hydrogens (tertiary/aromatic N) is 3. The van der Waals surface area contributed by atoms with Crippen LogP contribution in [-0.2, 0) is 13.2 Å². The molecule has 0 N–H and O–H groups in total. The molecule has 4 aliphatic rings. The highest BCUT2D eigenvalue weighted by Gasteiger charge is 2.54. The van der Waals surface area contributed by atoms with Gasteiger partial charge in [-0.2, -0.15) is 18.3 Å². The van der Waals surface area contributed by atoms with Gasteiger partial charge in [0, 0.05) is 25.7 Å². The molecule has 0 aliphatic heterocycles. The predicted molar refractivity (Wildman–Crippen MR) is 81.2 cm³/mol. The summed E-state index contributed by atoms with van der Waals surface area (Å²) in [5.41, 5.74) is -1.16. The van der Waals surface area contributed by atoms with Crippen LogP contribution in [0.1, 0.15) is 54.7 Å². The first-order valence-electron chi connectivity index (χ1n) is 8.57. The van der Waals surface area contributed by atoms with Crippen LogP contribution >= 0.6 is 0 Å². The summed E-state index contributed by atoms with van der Waals surface area (Å²) in [6.07, 6.45) is 2.21. The number of hydrogen-bond donors (Lipinski definition) is 0. The minimum absolute atomic E-state index is 0.0144. The van der Waals surface area contributed by atoms with Gasteiger partial charge in [0.05, 0.1) is 0 Å². The zero-order valence-corrected chi connectivity index (χ0v) is 13.9. The van der Waals surface area contributed by atoms with Crippen LogP contribution in [0.5, 0.6) is 0 Å². The van der Waals surface area contributed by atoms with E-state index in [1.807, 2.05) is 0 Å². The first kappa shape index (κ1) is 16.0. The van der Waals surface area contributed by atoms with Gasteiger partial charge < -0.3 is 4.90 Å². The van der Waals surface area contributed by atoms with E-state index in [1.165, 1.54) is 26.3 Å². The fraction of sp³-hybridized carbons (Fsp3) is 0.765. The lowest BCUT2D eigenvalue weighted by atomic mass is 9.52. The summed E-state index contributed by atoms with van der Waals surface area (Å²) in [6, 6.07) is 0.874. The molecule has 4 nitrogen and oxygen atoms in total. The van der Waals surface area contributed by atoms with E-state index >= 15 is 0 Å². The summed E-state index contributed by atoms with van der Waals surface area (Å²) in [4.78, 5) is 14.6. The molecular weight excluding hydrogens is 319 g/mol. The number of carbonyl (C=O) groups excluding carboxylic acids is 1. The number of halogens is 3. The first-order valence-corrected chi connectivity index (χ1v) is 8.57. The highest BCUT2D eigenvalue weighted by atomic mass is 19.4. The summed E-state index contributed by atoms with van der Waals surface area (Å²) in [7, 11) is 3.16. The van der Waals surface area contributed by atoms with Crippen LogP contribution in [0.2, 0.25) is 0 Å². The Hall–Kier alpha value is -1.53. The minimum Gasteiger partial charge on any atom is -0.335 e. The highest BCUT2D eigenvalue weighted by molar-refractivity contribution is 5.93. The largest absolute Gasteiger partial charge is 0.435 e. The molecule has 4 aliphatic carbocycles. The number of aromatic nitrogens is 2. The third-order valence-corrected chi connectivity index (χ3v) is 6.41. The second-order valence-electron chi connectivity index (χ2n) is 8.04. The maximum atomic E-state index is 12.9. The fourth-order valence-corrected chi connectivity index (χ4v) is 5.67. The number of alkyl halides is 3. The quantitative estimate of drug-likeness (QED) is 0.826. The van der Waals surface area contributed by atoms with Crippen LogP contribution in [0.15, 0.2) is 6.07 Å². The number of amides is 1. The summed E-state index contributed by atoms with van der Waals surface area (Å²) >= 11 is 0. The Morgan fingerprint density at radius 2 is 1.71 bits per heavy atom. The Morgan fingerprint density at radius 1 is 1.21 bits per heavy atom. The van der Waals surface area contributed by atoms with Crippen LogP contribution in [0, 0.1) is 17.8 Å². The molecule has 0 unspecified atom stereocenters. The smallest absolute Gasteiger partial charge is 0.335 e. The van der Waals surface area contributed by atoms with Crippen LogP contribution in [0.25, 0.3) is 0 Å². The average Bonchev–Trinajstić information content (AvgIpc) is 2.86. The summed E-state index contributed by atoms with van der Waals surface area (Å²) in [5, 5.41) is 3.48. The first-order chi connectivity index (χ1) is 11.2. The van der Waals surface area contributed by atoms with Crippen LogP contribution < -0.4 is 0 Å². The van der Waals surface area contributed by atoms with Gasteiger partial charge in [0.25, 0.3) is 5.91 Å². The molecule has 4 saturated carbocycles. The van der Waals surface area contributed by atoms with E-state index in [9.17, 15) is 18.0 Å². The Balaban J connectivity index is 1.62. The van der Waals surface area contributed by atoms with Gasteiger partial charge in [-0.25, -0.2) is 0 Å². The molecule has 7 heteroatoms. The van der Waals surface area contributed by atoms with Crippen molar-refractivity contribution in [2.24, 2.45) is 24.8 Å². The molecule has 24 heavy (non-hydrogen) atoms. The van der Waals surface area contributed by atoms with E-state index < -0.39 is 11.9 Å². The highest BCUT2D eigenvalue weighted by Crippen LogP contribution is 2.57. The van der Waals surface area contributed by atoms with Crippen molar-refractivity contribution in [1.29, 1.82) is 0 Å². The Morgan fingerprint density at radius 3 is 2.12 bits per heavy atom. The molecule has 0 aromatic carbocycles. The standard InChI is InChI=1S/C17H22F3N3O/c1-22(15(24)13-6-14(17(18,19)20)21-23(13)2)16-7-10-3-11(8-16)5-12(4-10)9-16/h6,10-12H,3-5,7-9H2,1-2H3. The number of aryl methyl sites for hydroxylation is 1. The van der Waals surface area contributed by atoms with Crippen molar-refractivity contribution in [3.63, 3.8) is 0 Å². The fourth-order valence-electron chi connectivity index (χ4n) is 5.67. The van der Waals surface area contributed by atoms with E-state index in [0.717, 1.165) is 30.0 Å². The van der Waals surface area contributed by atoms with E-state index in [0.29, 0.717) is 17.8 Å². The topological polar surface area (TPSA) is 38.1 Å². The minimum atomic E-state index is -4.53. The molecule has 0 radical (unpaired) electrons. The molecule has 0 spiro atoms. The zero-order chi connectivity index (χ0) is 17.3. The molecule has 5 rings (SSSR count). The van der Waals surface area contributed by atoms with E-state index in [2.05, 4.69) is 5.10 Å². The zero-order valence-electron chi connectivity index (χ0n) is 13.9. The monoisotopic (exact) mass is 341 g/mol. The third-order valence-electron chi connectivity index (χ3n) is 6.41. The van der Waals surface area contributed by atoms with Crippen molar-refractivity contribution in [2.75, 3.05) is 7.05 Å². The molecule has 1 aromatic heterocycles. The molecule has 1 heterocycles. The number of hydrogen-bond acceptors (Lipinski definition) is 2. The van der Waals surface area contributed by atoms with Gasteiger partial charge in [-0.1, -0.05) is 0 Å². The lowest BCUT2D eigenvalue weighted by Gasteiger charge is -2.59. The van der Waals surface area contributed by atoms with Crippen molar-refractivity contribution in [1.82, 2.24) is 14.7 Å². The van der Waals surface area contributed by atoms with Gasteiger partial charge in [-0.05, 0) is 56.3 Å². The molecule has 0 atom stereocenters. The van der Waals surface area contributed by atoms with Crippen molar-refractivity contribution >= 4 is 5.91 Å². The molecule has 1 aromatic rings. The van der Waals surface area contributed by atoms with Gasteiger partial charge >= 0.3 is 6.18 Å². The molecule has 4 bridgehead atoms. The second kappa shape index (κ2) is 4.99.